The molecule has 0 aliphatic heterocycles. The Balaban J connectivity index is 2.72. The summed E-state index contributed by atoms with van der Waals surface area (Å²) in [7, 11) is 0. The molecule has 16 heavy (non-hydrogen) atoms. The molecule has 0 atom stereocenters. The van der Waals surface area contributed by atoms with E-state index in [0.717, 1.165) is 19.3 Å². The van der Waals surface area contributed by atoms with Crippen molar-refractivity contribution in [2.45, 2.75) is 58.0 Å². The van der Waals surface area contributed by atoms with Crippen molar-refractivity contribution in [1.82, 2.24) is 5.32 Å². The molecule has 1 aliphatic rings. The Hall–Kier alpha value is -0.610. The van der Waals surface area contributed by atoms with Crippen molar-refractivity contribution < 1.29 is 9.90 Å². The third kappa shape index (κ3) is 2.23. The smallest absolute Gasteiger partial charge is 0.228 e. The molecule has 0 spiro atoms. The molecule has 0 bridgehead atoms. The Morgan fingerprint density at radius 2 is 1.88 bits per heavy atom. The second-order valence-electron chi connectivity index (χ2n) is 6.09. The van der Waals surface area contributed by atoms with Gasteiger partial charge in [-0.2, -0.15) is 0 Å². The monoisotopic (exact) mass is 228 g/mol. The van der Waals surface area contributed by atoms with Crippen LogP contribution in [0.2, 0.25) is 0 Å². The quantitative estimate of drug-likeness (QED) is 0.665. The molecule has 1 amide bonds. The van der Waals surface area contributed by atoms with Crippen LogP contribution >= 0.6 is 0 Å². The van der Waals surface area contributed by atoms with E-state index in [1.165, 1.54) is 0 Å². The highest BCUT2D eigenvalue weighted by atomic mass is 16.3. The number of nitrogens with two attached hydrogens (primary N) is 1. The second-order valence-corrected chi connectivity index (χ2v) is 6.09. The molecule has 4 N–H and O–H groups in total. The lowest BCUT2D eigenvalue weighted by Gasteiger charge is -2.45. The van der Waals surface area contributed by atoms with Gasteiger partial charge in [0.1, 0.15) is 0 Å². The fourth-order valence-electron chi connectivity index (χ4n) is 1.62. The Labute approximate surface area is 97.6 Å². The van der Waals surface area contributed by atoms with Gasteiger partial charge < -0.3 is 16.2 Å². The highest BCUT2D eigenvalue weighted by Crippen LogP contribution is 2.34. The van der Waals surface area contributed by atoms with E-state index in [-0.39, 0.29) is 18.1 Å². The van der Waals surface area contributed by atoms with Crippen LogP contribution in [0.4, 0.5) is 0 Å². The van der Waals surface area contributed by atoms with Crippen LogP contribution in [0.5, 0.6) is 0 Å². The Morgan fingerprint density at radius 3 is 2.12 bits per heavy atom. The van der Waals surface area contributed by atoms with E-state index < -0.39 is 11.0 Å². The molecule has 1 saturated carbocycles. The average Bonchev–Trinajstić information content (AvgIpc) is 2.08. The summed E-state index contributed by atoms with van der Waals surface area (Å²) < 4.78 is 0. The van der Waals surface area contributed by atoms with E-state index in [9.17, 15) is 9.90 Å². The summed E-state index contributed by atoms with van der Waals surface area (Å²) >= 11 is 0. The zero-order valence-corrected chi connectivity index (χ0v) is 10.8. The first kappa shape index (κ1) is 13.5. The summed E-state index contributed by atoms with van der Waals surface area (Å²) in [6.45, 7) is 7.38. The lowest BCUT2D eigenvalue weighted by Crippen LogP contribution is -2.63. The second kappa shape index (κ2) is 4.00. The summed E-state index contributed by atoms with van der Waals surface area (Å²) in [5, 5.41) is 12.3. The molecule has 1 fully saturated rings. The molecule has 1 rings (SSSR count). The molecule has 0 aromatic rings. The van der Waals surface area contributed by atoms with Crippen molar-refractivity contribution in [2.75, 3.05) is 6.61 Å². The molecule has 1 aliphatic carbocycles. The number of aliphatic hydroxyl groups excluding tert-OH is 1. The molecular formula is C12H24N2O2. The first-order valence-electron chi connectivity index (χ1n) is 5.87. The molecular weight excluding hydrogens is 204 g/mol. The predicted molar refractivity (Wildman–Crippen MR) is 63.9 cm³/mol. The van der Waals surface area contributed by atoms with Crippen molar-refractivity contribution in [3.8, 4) is 0 Å². The van der Waals surface area contributed by atoms with Crippen molar-refractivity contribution in [3.63, 3.8) is 0 Å². The topological polar surface area (TPSA) is 75.4 Å². The summed E-state index contributed by atoms with van der Waals surface area (Å²) in [6.07, 6.45) is 2.78. The minimum atomic E-state index is -0.648. The van der Waals surface area contributed by atoms with Gasteiger partial charge in [0.15, 0.2) is 0 Å². The largest absolute Gasteiger partial charge is 0.394 e. The van der Waals surface area contributed by atoms with Gasteiger partial charge in [-0.05, 0) is 47.0 Å². The summed E-state index contributed by atoms with van der Waals surface area (Å²) in [4.78, 5) is 12.2. The number of carbonyl (C=O) groups excluding carboxylic acids is 1. The fraction of sp³-hybridized carbons (Fsp3) is 0.917. The van der Waals surface area contributed by atoms with Crippen molar-refractivity contribution in [1.29, 1.82) is 0 Å². The fourth-order valence-corrected chi connectivity index (χ4v) is 1.62. The van der Waals surface area contributed by atoms with Gasteiger partial charge >= 0.3 is 0 Å². The maximum Gasteiger partial charge on any atom is 0.228 e. The van der Waals surface area contributed by atoms with E-state index in [4.69, 9.17) is 5.73 Å². The standard InChI is InChI=1S/C12H24N2O2/c1-10(2,11(3,4)13)9(16)14-12(8-15)6-5-7-12/h15H,5-8,13H2,1-4H3,(H,14,16). The van der Waals surface area contributed by atoms with E-state index in [0.29, 0.717) is 0 Å². The molecule has 0 saturated heterocycles. The summed E-state index contributed by atoms with van der Waals surface area (Å²) in [5.74, 6) is -0.0752. The molecule has 0 aromatic carbocycles. The zero-order chi connectivity index (χ0) is 12.6. The first-order valence-corrected chi connectivity index (χ1v) is 5.87. The van der Waals surface area contributed by atoms with E-state index in [1.54, 1.807) is 0 Å². The predicted octanol–water partition coefficient (Wildman–Crippen LogP) is 0.781. The van der Waals surface area contributed by atoms with Crippen LogP contribution in [-0.2, 0) is 4.79 Å². The number of aliphatic hydroxyl groups is 1. The molecule has 0 heterocycles. The minimum absolute atomic E-state index is 0.0137. The molecule has 0 aromatic heterocycles. The third-order valence-electron chi connectivity index (χ3n) is 4.17. The van der Waals surface area contributed by atoms with Gasteiger partial charge in [-0.25, -0.2) is 0 Å². The van der Waals surface area contributed by atoms with Crippen LogP contribution in [0.25, 0.3) is 0 Å². The van der Waals surface area contributed by atoms with Gasteiger partial charge in [-0.1, -0.05) is 0 Å². The van der Waals surface area contributed by atoms with Gasteiger partial charge in [-0.3, -0.25) is 4.79 Å². The van der Waals surface area contributed by atoms with Gasteiger partial charge in [0.2, 0.25) is 5.91 Å². The number of carbonyl (C=O) groups is 1. The van der Waals surface area contributed by atoms with Gasteiger partial charge in [0.25, 0.3) is 0 Å². The third-order valence-corrected chi connectivity index (χ3v) is 4.17. The van der Waals surface area contributed by atoms with Gasteiger partial charge in [-0.15, -0.1) is 0 Å². The van der Waals surface area contributed by atoms with Crippen LogP contribution in [0.3, 0.4) is 0 Å². The molecule has 0 unspecified atom stereocenters. The molecule has 94 valence electrons. The number of hydrogen-bond donors (Lipinski definition) is 3. The van der Waals surface area contributed by atoms with E-state index >= 15 is 0 Å². The lowest BCUT2D eigenvalue weighted by molar-refractivity contribution is -0.136. The number of nitrogens with one attached hydrogen (secondary N) is 1. The Morgan fingerprint density at radius 1 is 1.38 bits per heavy atom. The van der Waals surface area contributed by atoms with Gasteiger partial charge in [0, 0.05) is 5.54 Å². The van der Waals surface area contributed by atoms with Crippen molar-refractivity contribution in [2.24, 2.45) is 11.1 Å². The van der Waals surface area contributed by atoms with Gasteiger partial charge in [0.05, 0.1) is 17.6 Å². The van der Waals surface area contributed by atoms with Crippen molar-refractivity contribution in [3.05, 3.63) is 0 Å². The van der Waals surface area contributed by atoms with E-state index in [1.807, 2.05) is 27.7 Å². The Bertz CT molecular complexity index is 270. The molecule has 4 heteroatoms. The number of amides is 1. The summed E-state index contributed by atoms with van der Waals surface area (Å²) in [6, 6.07) is 0. The van der Waals surface area contributed by atoms with Crippen LogP contribution in [0, 0.1) is 5.41 Å². The lowest BCUT2D eigenvalue weighted by atomic mass is 9.72. The van der Waals surface area contributed by atoms with E-state index in [2.05, 4.69) is 5.32 Å². The maximum atomic E-state index is 12.2. The molecule has 4 nitrogen and oxygen atoms in total. The van der Waals surface area contributed by atoms with Crippen LogP contribution in [-0.4, -0.2) is 28.7 Å². The Kier molecular flexibility index (Phi) is 3.37. The SMILES string of the molecule is CC(C)(N)C(C)(C)C(=O)NC1(CO)CCC1. The highest BCUT2D eigenvalue weighted by Gasteiger charge is 2.45. The van der Waals surface area contributed by atoms with Crippen LogP contribution in [0.15, 0.2) is 0 Å². The first-order chi connectivity index (χ1) is 7.15. The number of rotatable bonds is 4. The average molecular weight is 228 g/mol. The van der Waals surface area contributed by atoms with Crippen LogP contribution in [0.1, 0.15) is 47.0 Å². The number of hydrogen-bond acceptors (Lipinski definition) is 3. The normalized spacial score (nSPS) is 20.1. The minimum Gasteiger partial charge on any atom is -0.394 e. The highest BCUT2D eigenvalue weighted by molar-refractivity contribution is 5.84. The van der Waals surface area contributed by atoms with Crippen molar-refractivity contribution >= 4 is 5.91 Å². The maximum absolute atomic E-state index is 12.2. The van der Waals surface area contributed by atoms with Crippen LogP contribution < -0.4 is 11.1 Å². The zero-order valence-electron chi connectivity index (χ0n) is 10.8. The molecule has 0 radical (unpaired) electrons. The summed E-state index contributed by atoms with van der Waals surface area (Å²) in [5.41, 5.74) is 4.39.